The third kappa shape index (κ3) is 2.10. The molecule has 3 rings (SSSR count). The van der Waals surface area contributed by atoms with E-state index in [1.807, 2.05) is 24.3 Å². The highest BCUT2D eigenvalue weighted by molar-refractivity contribution is 6.35. The van der Waals surface area contributed by atoms with Crippen LogP contribution in [0.5, 0.6) is 0 Å². The van der Waals surface area contributed by atoms with Crippen LogP contribution in [0.3, 0.4) is 0 Å². The molecule has 2 aromatic carbocycles. The van der Waals surface area contributed by atoms with Crippen molar-refractivity contribution in [3.63, 3.8) is 0 Å². The van der Waals surface area contributed by atoms with E-state index in [1.165, 1.54) is 5.56 Å². The minimum Gasteiger partial charge on any atom is -0.304 e. The molecule has 0 N–H and O–H groups in total. The summed E-state index contributed by atoms with van der Waals surface area (Å²) in [5.74, 6) is 0.480. The van der Waals surface area contributed by atoms with Crippen LogP contribution in [0.2, 0.25) is 5.02 Å². The Bertz CT molecular complexity index is 661. The topological polar surface area (TPSA) is 20.3 Å². The number of benzene rings is 2. The summed E-state index contributed by atoms with van der Waals surface area (Å²) in [4.78, 5) is 14.3. The normalized spacial score (nSPS) is 14.0. The molecule has 2 aromatic rings. The number of amides is 1. The van der Waals surface area contributed by atoms with Crippen LogP contribution in [0, 0.1) is 0 Å². The zero-order valence-corrected chi connectivity index (χ0v) is 12.3. The molecule has 0 saturated carbocycles. The van der Waals surface area contributed by atoms with E-state index in [0.717, 1.165) is 11.3 Å². The van der Waals surface area contributed by atoms with Crippen LogP contribution >= 0.6 is 11.6 Å². The van der Waals surface area contributed by atoms with Crippen molar-refractivity contribution in [3.8, 4) is 0 Å². The summed E-state index contributed by atoms with van der Waals surface area (Å²) >= 11 is 6.14. The maximum Gasteiger partial charge on any atom is 0.260 e. The summed E-state index contributed by atoms with van der Waals surface area (Å²) in [6, 6.07) is 13.8. The Balaban J connectivity index is 1.94. The van der Waals surface area contributed by atoms with Crippen LogP contribution in [-0.4, -0.2) is 5.91 Å². The van der Waals surface area contributed by atoms with E-state index in [4.69, 9.17) is 11.6 Å². The first kappa shape index (κ1) is 13.2. The van der Waals surface area contributed by atoms with Gasteiger partial charge in [0.2, 0.25) is 0 Å². The van der Waals surface area contributed by atoms with Crippen molar-refractivity contribution < 1.29 is 4.79 Å². The molecule has 0 spiro atoms. The highest BCUT2D eigenvalue weighted by Gasteiger charge is 2.30. The Kier molecular flexibility index (Phi) is 3.27. The van der Waals surface area contributed by atoms with Crippen molar-refractivity contribution in [1.29, 1.82) is 0 Å². The molecule has 0 atom stereocenters. The van der Waals surface area contributed by atoms with Gasteiger partial charge in [-0.3, -0.25) is 4.79 Å². The average Bonchev–Trinajstić information content (AvgIpc) is 2.77. The summed E-state index contributed by atoms with van der Waals surface area (Å²) in [5.41, 5.74) is 3.83. The Morgan fingerprint density at radius 1 is 1.10 bits per heavy atom. The van der Waals surface area contributed by atoms with Crippen molar-refractivity contribution in [2.24, 2.45) is 0 Å². The van der Waals surface area contributed by atoms with Gasteiger partial charge in [-0.25, -0.2) is 0 Å². The lowest BCUT2D eigenvalue weighted by atomic mass is 10.0. The molecule has 3 heteroatoms. The van der Waals surface area contributed by atoms with Gasteiger partial charge in [0.1, 0.15) is 0 Å². The molecule has 1 aliphatic rings. The van der Waals surface area contributed by atoms with Gasteiger partial charge in [0.15, 0.2) is 0 Å². The standard InChI is InChI=1S/C17H16ClNO/c1-11(2)12-6-8-14(9-7-12)19-10-13-4-3-5-15(18)16(13)17(19)20/h3-9,11H,10H2,1-2H3. The minimum atomic E-state index is -0.0112. The van der Waals surface area contributed by atoms with Crippen molar-refractivity contribution >= 4 is 23.2 Å². The molecule has 20 heavy (non-hydrogen) atoms. The lowest BCUT2D eigenvalue weighted by molar-refractivity contribution is 0.0997. The van der Waals surface area contributed by atoms with Crippen LogP contribution in [0.15, 0.2) is 42.5 Å². The summed E-state index contributed by atoms with van der Waals surface area (Å²) in [7, 11) is 0. The fourth-order valence-electron chi connectivity index (χ4n) is 2.56. The predicted octanol–water partition coefficient (Wildman–Crippen LogP) is 4.62. The molecule has 102 valence electrons. The molecule has 2 nitrogen and oxygen atoms in total. The SMILES string of the molecule is CC(C)c1ccc(N2Cc3cccc(Cl)c3C2=O)cc1. The summed E-state index contributed by atoms with van der Waals surface area (Å²) in [6.07, 6.45) is 0. The van der Waals surface area contributed by atoms with E-state index >= 15 is 0 Å². The third-order valence-electron chi connectivity index (χ3n) is 3.76. The second-order valence-electron chi connectivity index (χ2n) is 5.41. The summed E-state index contributed by atoms with van der Waals surface area (Å²) in [5, 5.41) is 0.536. The quantitative estimate of drug-likeness (QED) is 0.788. The number of carbonyl (C=O) groups is 1. The van der Waals surface area contributed by atoms with Gasteiger partial charge < -0.3 is 4.90 Å². The van der Waals surface area contributed by atoms with Crippen LogP contribution < -0.4 is 4.90 Å². The number of rotatable bonds is 2. The number of anilines is 1. The fraction of sp³-hybridized carbons (Fsp3) is 0.235. The Morgan fingerprint density at radius 3 is 2.40 bits per heavy atom. The van der Waals surface area contributed by atoms with E-state index in [1.54, 1.807) is 11.0 Å². The Hall–Kier alpha value is -1.80. The largest absolute Gasteiger partial charge is 0.304 e. The second-order valence-corrected chi connectivity index (χ2v) is 5.82. The monoisotopic (exact) mass is 285 g/mol. The maximum atomic E-state index is 12.5. The number of carbonyl (C=O) groups excluding carboxylic acids is 1. The summed E-state index contributed by atoms with van der Waals surface area (Å²) in [6.45, 7) is 4.91. The zero-order valence-electron chi connectivity index (χ0n) is 11.6. The number of hydrogen-bond donors (Lipinski definition) is 0. The van der Waals surface area contributed by atoms with Crippen molar-refractivity contribution in [2.75, 3.05) is 4.90 Å². The van der Waals surface area contributed by atoms with E-state index in [0.29, 0.717) is 23.0 Å². The minimum absolute atomic E-state index is 0.0112. The summed E-state index contributed by atoms with van der Waals surface area (Å²) < 4.78 is 0. The molecule has 0 fully saturated rings. The lowest BCUT2D eigenvalue weighted by Crippen LogP contribution is -2.23. The highest BCUT2D eigenvalue weighted by atomic mass is 35.5. The number of halogens is 1. The molecule has 1 amide bonds. The molecule has 0 bridgehead atoms. The van der Waals surface area contributed by atoms with Gasteiger partial charge >= 0.3 is 0 Å². The van der Waals surface area contributed by atoms with Crippen LogP contribution in [0.4, 0.5) is 5.69 Å². The lowest BCUT2D eigenvalue weighted by Gasteiger charge is -2.16. The fourth-order valence-corrected chi connectivity index (χ4v) is 2.84. The molecule has 1 heterocycles. The molecular weight excluding hydrogens is 270 g/mol. The first-order chi connectivity index (χ1) is 9.58. The van der Waals surface area contributed by atoms with Crippen LogP contribution in [0.25, 0.3) is 0 Å². The van der Waals surface area contributed by atoms with Crippen LogP contribution in [-0.2, 0) is 6.54 Å². The van der Waals surface area contributed by atoms with Gasteiger partial charge in [-0.15, -0.1) is 0 Å². The Labute approximate surface area is 124 Å². The van der Waals surface area contributed by atoms with Gasteiger partial charge in [0.25, 0.3) is 5.91 Å². The van der Waals surface area contributed by atoms with Crippen molar-refractivity contribution in [3.05, 3.63) is 64.2 Å². The smallest absolute Gasteiger partial charge is 0.260 e. The number of nitrogens with zero attached hydrogens (tertiary/aromatic N) is 1. The van der Waals surface area contributed by atoms with Gasteiger partial charge in [-0.2, -0.15) is 0 Å². The van der Waals surface area contributed by atoms with E-state index < -0.39 is 0 Å². The number of hydrogen-bond acceptors (Lipinski definition) is 1. The maximum absolute atomic E-state index is 12.5. The van der Waals surface area contributed by atoms with Gasteiger partial charge in [0, 0.05) is 5.69 Å². The Morgan fingerprint density at radius 2 is 1.80 bits per heavy atom. The molecule has 1 aliphatic heterocycles. The van der Waals surface area contributed by atoms with E-state index in [-0.39, 0.29) is 5.91 Å². The zero-order chi connectivity index (χ0) is 14.3. The van der Waals surface area contributed by atoms with E-state index in [9.17, 15) is 4.79 Å². The third-order valence-corrected chi connectivity index (χ3v) is 4.07. The molecule has 0 saturated heterocycles. The molecule has 0 unspecified atom stereocenters. The first-order valence-electron chi connectivity index (χ1n) is 6.77. The first-order valence-corrected chi connectivity index (χ1v) is 7.15. The van der Waals surface area contributed by atoms with Crippen molar-refractivity contribution in [2.45, 2.75) is 26.3 Å². The van der Waals surface area contributed by atoms with E-state index in [2.05, 4.69) is 26.0 Å². The van der Waals surface area contributed by atoms with Crippen molar-refractivity contribution in [1.82, 2.24) is 0 Å². The molecule has 0 aliphatic carbocycles. The molecular formula is C17H16ClNO. The van der Waals surface area contributed by atoms with Gasteiger partial charge in [-0.1, -0.05) is 49.7 Å². The predicted molar refractivity (Wildman–Crippen MR) is 82.5 cm³/mol. The average molecular weight is 286 g/mol. The van der Waals surface area contributed by atoms with Crippen LogP contribution in [0.1, 0.15) is 41.3 Å². The molecule has 0 aromatic heterocycles. The number of fused-ring (bicyclic) bond motifs is 1. The van der Waals surface area contributed by atoms with Gasteiger partial charge in [-0.05, 0) is 35.2 Å². The highest BCUT2D eigenvalue weighted by Crippen LogP contribution is 2.32. The molecule has 0 radical (unpaired) electrons. The second kappa shape index (κ2) is 4.95. The van der Waals surface area contributed by atoms with Gasteiger partial charge in [0.05, 0.1) is 17.1 Å².